The zero-order chi connectivity index (χ0) is 11.4. The summed E-state index contributed by atoms with van der Waals surface area (Å²) in [7, 11) is 0. The quantitative estimate of drug-likeness (QED) is 0.261. The highest BCUT2D eigenvalue weighted by molar-refractivity contribution is 14.1. The van der Waals surface area contributed by atoms with Crippen molar-refractivity contribution >= 4 is 28.6 Å². The lowest BCUT2D eigenvalue weighted by atomic mass is 10.1. The molecule has 0 unspecified atom stereocenters. The molecule has 0 saturated carbocycles. The standard InChI is InChI=1S/C12H23IO2/c1-2-3-4-5-6-7-8-9-12(14)15-11-10-13/h2-11H2,1H3. The first-order chi connectivity index (χ1) is 7.31. The van der Waals surface area contributed by atoms with Gasteiger partial charge in [-0.2, -0.15) is 0 Å². The first kappa shape index (κ1) is 15.2. The number of esters is 1. The van der Waals surface area contributed by atoms with Gasteiger partial charge in [0.25, 0.3) is 0 Å². The van der Waals surface area contributed by atoms with Gasteiger partial charge in [-0.05, 0) is 6.42 Å². The minimum absolute atomic E-state index is 0.0276. The third kappa shape index (κ3) is 12.1. The molecule has 0 aliphatic carbocycles. The van der Waals surface area contributed by atoms with Gasteiger partial charge in [-0.15, -0.1) is 0 Å². The van der Waals surface area contributed by atoms with Gasteiger partial charge in [-0.25, -0.2) is 0 Å². The topological polar surface area (TPSA) is 26.3 Å². The second-order valence-electron chi connectivity index (χ2n) is 3.78. The summed E-state index contributed by atoms with van der Waals surface area (Å²) in [4.78, 5) is 11.1. The van der Waals surface area contributed by atoms with Gasteiger partial charge in [0, 0.05) is 10.8 Å². The Kier molecular flexibility index (Phi) is 12.4. The molecule has 0 fully saturated rings. The van der Waals surface area contributed by atoms with Crippen molar-refractivity contribution in [3.63, 3.8) is 0 Å². The monoisotopic (exact) mass is 326 g/mol. The number of ether oxygens (including phenoxy) is 1. The Balaban J connectivity index is 3.06. The van der Waals surface area contributed by atoms with E-state index in [1.807, 2.05) is 0 Å². The maximum atomic E-state index is 11.1. The number of unbranched alkanes of at least 4 members (excludes halogenated alkanes) is 6. The smallest absolute Gasteiger partial charge is 0.305 e. The average Bonchev–Trinajstić information content (AvgIpc) is 2.25. The van der Waals surface area contributed by atoms with Crippen LogP contribution in [0.15, 0.2) is 0 Å². The Morgan fingerprint density at radius 2 is 1.67 bits per heavy atom. The first-order valence-electron chi connectivity index (χ1n) is 6.02. The van der Waals surface area contributed by atoms with Crippen LogP contribution in [0.3, 0.4) is 0 Å². The molecule has 0 amide bonds. The number of alkyl halides is 1. The second kappa shape index (κ2) is 12.3. The predicted molar refractivity (Wildman–Crippen MR) is 72.5 cm³/mol. The molecule has 0 radical (unpaired) electrons. The van der Waals surface area contributed by atoms with E-state index >= 15 is 0 Å². The fourth-order valence-electron chi connectivity index (χ4n) is 1.45. The Hall–Kier alpha value is 0.200. The molecule has 0 spiro atoms. The van der Waals surface area contributed by atoms with Crippen LogP contribution in [0.25, 0.3) is 0 Å². The van der Waals surface area contributed by atoms with Gasteiger partial charge in [0.05, 0.1) is 0 Å². The van der Waals surface area contributed by atoms with Gasteiger partial charge in [0.15, 0.2) is 0 Å². The van der Waals surface area contributed by atoms with Crippen molar-refractivity contribution in [1.29, 1.82) is 0 Å². The third-order valence-electron chi connectivity index (χ3n) is 2.32. The Morgan fingerprint density at radius 1 is 1.07 bits per heavy atom. The van der Waals surface area contributed by atoms with Crippen LogP contribution in [-0.4, -0.2) is 17.0 Å². The first-order valence-corrected chi connectivity index (χ1v) is 7.55. The van der Waals surface area contributed by atoms with E-state index in [9.17, 15) is 4.79 Å². The molecule has 0 saturated heterocycles. The van der Waals surface area contributed by atoms with Crippen molar-refractivity contribution < 1.29 is 9.53 Å². The zero-order valence-electron chi connectivity index (χ0n) is 9.77. The zero-order valence-corrected chi connectivity index (χ0v) is 11.9. The van der Waals surface area contributed by atoms with Gasteiger partial charge in [0.2, 0.25) is 0 Å². The third-order valence-corrected chi connectivity index (χ3v) is 2.77. The van der Waals surface area contributed by atoms with Crippen molar-refractivity contribution in [2.75, 3.05) is 11.0 Å². The van der Waals surface area contributed by atoms with Gasteiger partial charge < -0.3 is 4.74 Å². The maximum Gasteiger partial charge on any atom is 0.305 e. The lowest BCUT2D eigenvalue weighted by molar-refractivity contribution is -0.143. The SMILES string of the molecule is CCCCCCCCCC(=O)OCCI. The van der Waals surface area contributed by atoms with Crippen molar-refractivity contribution in [2.24, 2.45) is 0 Å². The summed E-state index contributed by atoms with van der Waals surface area (Å²) in [6.07, 6.45) is 9.33. The molecule has 0 aliphatic rings. The van der Waals surface area contributed by atoms with Crippen LogP contribution in [-0.2, 0) is 9.53 Å². The van der Waals surface area contributed by atoms with Crippen LogP contribution in [0.4, 0.5) is 0 Å². The predicted octanol–water partition coefficient (Wildman–Crippen LogP) is 4.11. The summed E-state index contributed by atoms with van der Waals surface area (Å²) in [6, 6.07) is 0. The minimum atomic E-state index is -0.0276. The molecule has 0 heterocycles. The fourth-order valence-corrected chi connectivity index (χ4v) is 1.67. The summed E-state index contributed by atoms with van der Waals surface area (Å²) in [6.45, 7) is 2.79. The summed E-state index contributed by atoms with van der Waals surface area (Å²) in [5.41, 5.74) is 0. The van der Waals surface area contributed by atoms with E-state index < -0.39 is 0 Å². The van der Waals surface area contributed by atoms with Crippen molar-refractivity contribution in [1.82, 2.24) is 0 Å². The normalized spacial score (nSPS) is 10.3. The highest BCUT2D eigenvalue weighted by Crippen LogP contribution is 2.08. The van der Waals surface area contributed by atoms with E-state index in [1.165, 1.54) is 38.5 Å². The molecule has 15 heavy (non-hydrogen) atoms. The molecule has 0 aromatic heterocycles. The minimum Gasteiger partial charge on any atom is -0.465 e. The number of hydrogen-bond acceptors (Lipinski definition) is 2. The molecule has 0 aromatic carbocycles. The second-order valence-corrected chi connectivity index (χ2v) is 4.86. The van der Waals surface area contributed by atoms with Crippen molar-refractivity contribution in [3.05, 3.63) is 0 Å². The van der Waals surface area contributed by atoms with Gasteiger partial charge >= 0.3 is 5.97 Å². The number of hydrogen-bond donors (Lipinski definition) is 0. The van der Waals surface area contributed by atoms with E-state index in [0.29, 0.717) is 13.0 Å². The van der Waals surface area contributed by atoms with Crippen molar-refractivity contribution in [2.45, 2.75) is 58.3 Å². The van der Waals surface area contributed by atoms with Gasteiger partial charge in [0.1, 0.15) is 6.61 Å². The van der Waals surface area contributed by atoms with Crippen LogP contribution in [0, 0.1) is 0 Å². The lowest BCUT2D eigenvalue weighted by Crippen LogP contribution is -2.05. The molecule has 90 valence electrons. The van der Waals surface area contributed by atoms with Crippen molar-refractivity contribution in [3.8, 4) is 0 Å². The number of carbonyl (C=O) groups excluding carboxylic acids is 1. The largest absolute Gasteiger partial charge is 0.465 e. The fraction of sp³-hybridized carbons (Fsp3) is 0.917. The highest BCUT2D eigenvalue weighted by atomic mass is 127. The van der Waals surface area contributed by atoms with Crippen LogP contribution in [0.5, 0.6) is 0 Å². The number of carbonyl (C=O) groups is 1. The van der Waals surface area contributed by atoms with E-state index in [1.54, 1.807) is 0 Å². The Labute approximate surface area is 107 Å². The van der Waals surface area contributed by atoms with E-state index in [4.69, 9.17) is 4.74 Å². The van der Waals surface area contributed by atoms with Gasteiger partial charge in [-0.3, -0.25) is 4.79 Å². The van der Waals surface area contributed by atoms with Crippen LogP contribution < -0.4 is 0 Å². The van der Waals surface area contributed by atoms with Crippen LogP contribution >= 0.6 is 22.6 Å². The van der Waals surface area contributed by atoms with Gasteiger partial charge in [-0.1, -0.05) is 68.0 Å². The number of rotatable bonds is 10. The van der Waals surface area contributed by atoms with E-state index in [-0.39, 0.29) is 5.97 Å². The molecule has 3 heteroatoms. The summed E-state index contributed by atoms with van der Waals surface area (Å²) in [5.74, 6) is -0.0276. The molecular formula is C12H23IO2. The van der Waals surface area contributed by atoms with E-state index in [2.05, 4.69) is 29.5 Å². The molecule has 0 atom stereocenters. The summed E-state index contributed by atoms with van der Waals surface area (Å²) >= 11 is 2.21. The molecule has 0 rings (SSSR count). The van der Waals surface area contributed by atoms with E-state index in [0.717, 1.165) is 10.8 Å². The summed E-state index contributed by atoms with van der Waals surface area (Å²) < 4.78 is 5.88. The van der Waals surface area contributed by atoms with Crippen LogP contribution in [0.1, 0.15) is 58.3 Å². The number of halogens is 1. The molecule has 0 aromatic rings. The Bertz CT molecular complexity index is 149. The lowest BCUT2D eigenvalue weighted by Gasteiger charge is -2.02. The maximum absolute atomic E-state index is 11.1. The summed E-state index contributed by atoms with van der Waals surface area (Å²) in [5, 5.41) is 0. The molecule has 0 bridgehead atoms. The Morgan fingerprint density at radius 3 is 2.27 bits per heavy atom. The molecule has 0 N–H and O–H groups in total. The molecule has 0 aliphatic heterocycles. The average molecular weight is 326 g/mol. The van der Waals surface area contributed by atoms with Crippen LogP contribution in [0.2, 0.25) is 0 Å². The highest BCUT2D eigenvalue weighted by Gasteiger charge is 2.01. The molecule has 2 nitrogen and oxygen atoms in total. The molecular weight excluding hydrogens is 303 g/mol.